The van der Waals surface area contributed by atoms with Crippen molar-refractivity contribution in [2.24, 2.45) is 5.41 Å². The van der Waals surface area contributed by atoms with Crippen LogP contribution in [-0.4, -0.2) is 35.0 Å². The lowest BCUT2D eigenvalue weighted by Crippen LogP contribution is -2.49. The molecule has 1 aliphatic heterocycles. The summed E-state index contributed by atoms with van der Waals surface area (Å²) in [6, 6.07) is 4.26. The molecule has 0 spiro atoms. The molecule has 1 aliphatic carbocycles. The van der Waals surface area contributed by atoms with Crippen LogP contribution in [0.3, 0.4) is 0 Å². The third-order valence-corrected chi connectivity index (χ3v) is 5.78. The second-order valence-corrected chi connectivity index (χ2v) is 9.56. The van der Waals surface area contributed by atoms with Gasteiger partial charge in [0.15, 0.2) is 0 Å². The molecule has 28 heavy (non-hydrogen) atoms. The fourth-order valence-electron chi connectivity index (χ4n) is 4.31. The van der Waals surface area contributed by atoms with E-state index in [2.05, 4.69) is 32.9 Å². The second-order valence-electron chi connectivity index (χ2n) is 9.56. The first-order chi connectivity index (χ1) is 13.1. The fraction of sp³-hybridized carbons (Fsp3) is 0.682. The number of hydrogen-bond acceptors (Lipinski definition) is 5. The van der Waals surface area contributed by atoms with E-state index >= 15 is 0 Å². The van der Waals surface area contributed by atoms with Gasteiger partial charge in [-0.05, 0) is 80.0 Å². The molecule has 2 unspecified atom stereocenters. The van der Waals surface area contributed by atoms with Gasteiger partial charge in [0, 0.05) is 6.54 Å². The Hall–Kier alpha value is -1.95. The summed E-state index contributed by atoms with van der Waals surface area (Å²) in [4.78, 5) is 16.2. The van der Waals surface area contributed by atoms with E-state index in [1.807, 2.05) is 13.8 Å². The van der Waals surface area contributed by atoms with Crippen molar-refractivity contribution in [3.8, 4) is 5.75 Å². The molecule has 1 aromatic carbocycles. The van der Waals surface area contributed by atoms with Crippen LogP contribution in [0.1, 0.15) is 83.3 Å². The number of nitrogens with two attached hydrogens (primary N) is 1. The molecule has 2 aliphatic rings. The molecule has 3 N–H and O–H groups in total. The number of ether oxygens (including phenoxy) is 1. The van der Waals surface area contributed by atoms with Crippen LogP contribution in [-0.2, 0) is 4.84 Å². The molecule has 1 saturated heterocycles. The van der Waals surface area contributed by atoms with Crippen LogP contribution in [0.4, 0.5) is 10.5 Å². The lowest BCUT2D eigenvalue weighted by molar-refractivity contribution is -0.185. The molecule has 1 heterocycles. The van der Waals surface area contributed by atoms with E-state index in [-0.39, 0.29) is 17.6 Å². The van der Waals surface area contributed by atoms with E-state index in [1.165, 1.54) is 24.0 Å². The summed E-state index contributed by atoms with van der Waals surface area (Å²) in [6.45, 7) is 11.0. The van der Waals surface area contributed by atoms with Gasteiger partial charge in [-0.1, -0.05) is 20.8 Å². The number of hydrogen-bond donors (Lipinski definition) is 2. The van der Waals surface area contributed by atoms with Crippen LogP contribution < -0.4 is 10.5 Å². The van der Waals surface area contributed by atoms with Crippen LogP contribution >= 0.6 is 0 Å². The lowest BCUT2D eigenvalue weighted by Gasteiger charge is -2.44. The van der Waals surface area contributed by atoms with Gasteiger partial charge >= 0.3 is 6.16 Å². The molecule has 2 fully saturated rings. The molecule has 0 amide bonds. The standard InChI is InChI=1S/C22H34N2O4/c1-13(2)27-19-12-17(16(11-18(19)23)14-6-7-14)15-8-9-24(28-21(25)26)20(10-15)22(3,4)5/h11-15,20H,6-10,23H2,1-5H3,(H,25,26). The Bertz CT molecular complexity index is 722. The highest BCUT2D eigenvalue weighted by Crippen LogP contribution is 2.49. The summed E-state index contributed by atoms with van der Waals surface area (Å²) in [7, 11) is 0. The quantitative estimate of drug-likeness (QED) is 0.677. The smallest absolute Gasteiger partial charge is 0.489 e. The minimum atomic E-state index is -1.24. The number of carbonyl (C=O) groups is 1. The number of rotatable bonds is 5. The zero-order chi connectivity index (χ0) is 20.6. The van der Waals surface area contributed by atoms with E-state index in [0.717, 1.165) is 18.6 Å². The van der Waals surface area contributed by atoms with Crippen LogP contribution in [0, 0.1) is 5.41 Å². The van der Waals surface area contributed by atoms with Gasteiger partial charge < -0.3 is 20.4 Å². The van der Waals surface area contributed by atoms with Gasteiger partial charge in [-0.2, -0.15) is 0 Å². The maximum absolute atomic E-state index is 11.1. The minimum Gasteiger partial charge on any atom is -0.489 e. The predicted molar refractivity (Wildman–Crippen MR) is 110 cm³/mol. The van der Waals surface area contributed by atoms with Gasteiger partial charge in [-0.15, -0.1) is 5.06 Å². The summed E-state index contributed by atoms with van der Waals surface area (Å²) in [5.41, 5.74) is 9.56. The van der Waals surface area contributed by atoms with E-state index in [9.17, 15) is 4.79 Å². The first-order valence-corrected chi connectivity index (χ1v) is 10.3. The molecule has 6 nitrogen and oxygen atoms in total. The maximum atomic E-state index is 11.1. The van der Waals surface area contributed by atoms with Crippen LogP contribution in [0.2, 0.25) is 0 Å². The van der Waals surface area contributed by atoms with Crippen molar-refractivity contribution in [3.63, 3.8) is 0 Å². The average molecular weight is 391 g/mol. The highest BCUT2D eigenvalue weighted by molar-refractivity contribution is 5.59. The van der Waals surface area contributed by atoms with Gasteiger partial charge in [0.25, 0.3) is 0 Å². The number of benzene rings is 1. The van der Waals surface area contributed by atoms with Crippen molar-refractivity contribution in [2.45, 2.75) is 84.3 Å². The number of anilines is 1. The molecule has 156 valence electrons. The normalized spacial score (nSPS) is 23.6. The number of carboxylic acid groups (broad SMARTS) is 1. The number of nitrogens with zero attached hydrogens (tertiary/aromatic N) is 1. The Morgan fingerprint density at radius 2 is 1.82 bits per heavy atom. The molecule has 0 aromatic heterocycles. The van der Waals surface area contributed by atoms with Gasteiger partial charge in [-0.25, -0.2) is 4.79 Å². The third kappa shape index (κ3) is 4.72. The monoisotopic (exact) mass is 390 g/mol. The number of nitrogen functional groups attached to an aromatic ring is 1. The van der Waals surface area contributed by atoms with Crippen molar-refractivity contribution < 1.29 is 19.5 Å². The number of piperidine rings is 1. The van der Waals surface area contributed by atoms with E-state index in [0.29, 0.717) is 24.1 Å². The highest BCUT2D eigenvalue weighted by atomic mass is 16.8. The summed E-state index contributed by atoms with van der Waals surface area (Å²) in [5, 5.41) is 10.8. The first kappa shape index (κ1) is 20.8. The summed E-state index contributed by atoms with van der Waals surface area (Å²) < 4.78 is 5.96. The van der Waals surface area contributed by atoms with Crippen molar-refractivity contribution in [3.05, 3.63) is 23.3 Å². The zero-order valence-corrected chi connectivity index (χ0v) is 17.7. The van der Waals surface area contributed by atoms with Gasteiger partial charge in [0.2, 0.25) is 0 Å². The molecule has 0 radical (unpaired) electrons. The summed E-state index contributed by atoms with van der Waals surface area (Å²) >= 11 is 0. The van der Waals surface area contributed by atoms with E-state index in [1.54, 1.807) is 5.06 Å². The summed E-state index contributed by atoms with van der Waals surface area (Å²) in [5.74, 6) is 1.68. The molecular weight excluding hydrogens is 356 g/mol. The lowest BCUT2D eigenvalue weighted by atomic mass is 9.74. The van der Waals surface area contributed by atoms with Crippen LogP contribution in [0.25, 0.3) is 0 Å². The third-order valence-electron chi connectivity index (χ3n) is 5.78. The SMILES string of the molecule is CC(C)Oc1cc(C2CCN(OC(=O)O)C(C(C)(C)C)C2)c(C2CC2)cc1N. The van der Waals surface area contributed by atoms with Crippen molar-refractivity contribution in [1.29, 1.82) is 0 Å². The largest absolute Gasteiger partial charge is 0.525 e. The second kappa shape index (κ2) is 7.82. The Labute approximate surface area is 167 Å². The van der Waals surface area contributed by atoms with Crippen molar-refractivity contribution in [2.75, 3.05) is 12.3 Å². The zero-order valence-electron chi connectivity index (χ0n) is 17.7. The Balaban J connectivity index is 1.92. The fourth-order valence-corrected chi connectivity index (χ4v) is 4.31. The Kier molecular flexibility index (Phi) is 5.80. The molecule has 3 rings (SSSR count). The minimum absolute atomic E-state index is 0.0152. The molecule has 2 atom stereocenters. The average Bonchev–Trinajstić information content (AvgIpc) is 3.40. The maximum Gasteiger partial charge on any atom is 0.525 e. The van der Waals surface area contributed by atoms with Crippen molar-refractivity contribution in [1.82, 2.24) is 5.06 Å². The Morgan fingerprint density at radius 1 is 1.18 bits per heavy atom. The van der Waals surface area contributed by atoms with E-state index < -0.39 is 6.16 Å². The first-order valence-electron chi connectivity index (χ1n) is 10.3. The molecule has 1 saturated carbocycles. The number of hydroxylamine groups is 2. The van der Waals surface area contributed by atoms with Gasteiger partial charge in [0.1, 0.15) is 5.75 Å². The summed E-state index contributed by atoms with van der Waals surface area (Å²) in [6.07, 6.45) is 2.94. The highest BCUT2D eigenvalue weighted by Gasteiger charge is 2.40. The van der Waals surface area contributed by atoms with Crippen LogP contribution in [0.5, 0.6) is 5.75 Å². The molecule has 1 aromatic rings. The van der Waals surface area contributed by atoms with Gasteiger partial charge in [0.05, 0.1) is 17.8 Å². The van der Waals surface area contributed by atoms with Gasteiger partial charge in [-0.3, -0.25) is 0 Å². The molecular formula is C22H34N2O4. The molecule has 6 heteroatoms. The molecule has 0 bridgehead atoms. The Morgan fingerprint density at radius 3 is 2.36 bits per heavy atom. The topological polar surface area (TPSA) is 85.0 Å². The van der Waals surface area contributed by atoms with Crippen molar-refractivity contribution >= 4 is 11.8 Å². The van der Waals surface area contributed by atoms with E-state index in [4.69, 9.17) is 20.4 Å². The predicted octanol–water partition coefficient (Wildman–Crippen LogP) is 5.14. The van der Waals surface area contributed by atoms with Crippen LogP contribution in [0.15, 0.2) is 12.1 Å².